The summed E-state index contributed by atoms with van der Waals surface area (Å²) >= 11 is 0. The molecule has 5 fully saturated rings. The summed E-state index contributed by atoms with van der Waals surface area (Å²) in [5, 5.41) is 22.2. The number of hydrogen-bond acceptors (Lipinski definition) is 4. The van der Waals surface area contributed by atoms with Crippen LogP contribution in [-0.4, -0.2) is 35.1 Å². The lowest BCUT2D eigenvalue weighted by molar-refractivity contribution is -0.148. The average molecular weight is 613 g/mol. The highest BCUT2D eigenvalue weighted by Crippen LogP contribution is 2.69. The lowest BCUT2D eigenvalue weighted by Gasteiger charge is -2.62. The predicted octanol–water partition coefficient (Wildman–Crippen LogP) is 8.60. The summed E-state index contributed by atoms with van der Waals surface area (Å²) in [6.07, 6.45) is 15.2. The van der Waals surface area contributed by atoms with Gasteiger partial charge < -0.3 is 10.2 Å². The van der Waals surface area contributed by atoms with Crippen molar-refractivity contribution in [1.82, 2.24) is 0 Å². The molecule has 5 heteroatoms. The van der Waals surface area contributed by atoms with Gasteiger partial charge in [-0.25, -0.2) is 8.42 Å². The van der Waals surface area contributed by atoms with Gasteiger partial charge in [-0.2, -0.15) is 0 Å². The number of benzene rings is 1. The molecule has 1 aromatic rings. The van der Waals surface area contributed by atoms with Crippen LogP contribution in [0.3, 0.4) is 0 Å². The van der Waals surface area contributed by atoms with Crippen LogP contribution in [0, 0.1) is 52.3 Å². The van der Waals surface area contributed by atoms with E-state index in [0.717, 1.165) is 69.6 Å². The maximum atomic E-state index is 14.5. The van der Waals surface area contributed by atoms with Crippen LogP contribution in [0.25, 0.3) is 0 Å². The maximum absolute atomic E-state index is 14.5. The zero-order valence-electron chi connectivity index (χ0n) is 27.7. The van der Waals surface area contributed by atoms with E-state index in [1.54, 1.807) is 12.1 Å². The third-order valence-electron chi connectivity index (χ3n) is 14.9. The minimum Gasteiger partial charge on any atom is -0.390 e. The molecule has 0 aromatic heterocycles. The van der Waals surface area contributed by atoms with E-state index in [9.17, 15) is 18.6 Å². The zero-order valence-corrected chi connectivity index (χ0v) is 28.5. The average Bonchev–Trinajstić information content (AvgIpc) is 3.34. The molecule has 0 radical (unpaired) electrons. The van der Waals surface area contributed by atoms with Crippen LogP contribution >= 0.6 is 0 Å². The number of rotatable bonds is 7. The Balaban J connectivity index is 1.27. The zero-order chi connectivity index (χ0) is 30.8. The molecule has 2 N–H and O–H groups in total. The second-order valence-electron chi connectivity index (χ2n) is 17.1. The van der Waals surface area contributed by atoms with Crippen molar-refractivity contribution in [2.45, 2.75) is 152 Å². The van der Waals surface area contributed by atoms with E-state index in [4.69, 9.17) is 0 Å². The van der Waals surface area contributed by atoms with Crippen LogP contribution in [0.15, 0.2) is 35.2 Å². The maximum Gasteiger partial charge on any atom is 0.181 e. The van der Waals surface area contributed by atoms with Crippen molar-refractivity contribution < 1.29 is 18.6 Å². The van der Waals surface area contributed by atoms with Crippen molar-refractivity contribution in [2.24, 2.45) is 52.3 Å². The molecule has 0 saturated heterocycles. The lowest BCUT2D eigenvalue weighted by Crippen LogP contribution is -2.56. The smallest absolute Gasteiger partial charge is 0.181 e. The Morgan fingerprint density at radius 3 is 2.16 bits per heavy atom. The summed E-state index contributed by atoms with van der Waals surface area (Å²) in [5.74, 6) is 3.74. The summed E-state index contributed by atoms with van der Waals surface area (Å²) in [6.45, 7) is 11.6. The number of fused-ring (bicyclic) bond motifs is 5. The summed E-state index contributed by atoms with van der Waals surface area (Å²) in [6, 6.07) is 9.09. The fourth-order valence-corrected chi connectivity index (χ4v) is 14.3. The molecular formula is C38H60O4S. The van der Waals surface area contributed by atoms with Crippen molar-refractivity contribution in [2.75, 3.05) is 0 Å². The monoisotopic (exact) mass is 612 g/mol. The van der Waals surface area contributed by atoms with E-state index in [2.05, 4.69) is 27.7 Å². The normalized spacial score (nSPS) is 46.3. The van der Waals surface area contributed by atoms with Crippen molar-refractivity contribution in [3.05, 3.63) is 30.3 Å². The first kappa shape index (κ1) is 32.0. The van der Waals surface area contributed by atoms with E-state index >= 15 is 0 Å². The van der Waals surface area contributed by atoms with Gasteiger partial charge in [0.1, 0.15) is 0 Å². The van der Waals surface area contributed by atoms with Crippen LogP contribution in [0.1, 0.15) is 131 Å². The van der Waals surface area contributed by atoms with E-state index < -0.39 is 26.3 Å². The van der Waals surface area contributed by atoms with Gasteiger partial charge in [0.2, 0.25) is 0 Å². The second kappa shape index (κ2) is 11.4. The summed E-state index contributed by atoms with van der Waals surface area (Å²) < 4.78 is 29.0. The molecule has 4 nitrogen and oxygen atoms in total. The molecule has 5 aliphatic rings. The molecule has 10 atom stereocenters. The van der Waals surface area contributed by atoms with Crippen molar-refractivity contribution >= 4 is 9.84 Å². The van der Waals surface area contributed by atoms with Gasteiger partial charge in [-0.1, -0.05) is 52.3 Å². The highest BCUT2D eigenvalue weighted by molar-refractivity contribution is 7.92. The van der Waals surface area contributed by atoms with Crippen LogP contribution in [0.4, 0.5) is 0 Å². The Hall–Kier alpha value is -0.910. The van der Waals surface area contributed by atoms with Gasteiger partial charge in [0.05, 0.1) is 21.3 Å². The molecular weight excluding hydrogens is 552 g/mol. The van der Waals surface area contributed by atoms with E-state index in [0.29, 0.717) is 40.4 Å². The molecule has 1 aromatic carbocycles. The number of aliphatic hydroxyl groups is 2. The molecule has 6 rings (SSSR count). The largest absolute Gasteiger partial charge is 0.390 e. The minimum atomic E-state index is -3.60. The fraction of sp³-hybridized carbons (Fsp3) is 0.842. The Labute approximate surface area is 262 Å². The molecule has 0 spiro atoms. The van der Waals surface area contributed by atoms with Crippen LogP contribution in [0.2, 0.25) is 0 Å². The molecule has 0 amide bonds. The van der Waals surface area contributed by atoms with Crippen LogP contribution < -0.4 is 0 Å². The molecule has 5 aliphatic carbocycles. The molecule has 0 aliphatic heterocycles. The van der Waals surface area contributed by atoms with E-state index in [1.165, 1.54) is 32.1 Å². The number of sulfone groups is 1. The fourth-order valence-electron chi connectivity index (χ4n) is 12.2. The first-order chi connectivity index (χ1) is 20.2. The SMILES string of the molecule is CCC1CCC(O)(CC([C@@H](C)[C@H]2CC[C@H]3[C@@H]4CC[C@H]5C[C@@](C)(O)CC[C@]5(C)[C@H]4CC[C@]23C)S(=O)(=O)c2ccccc2)CC1. The molecule has 5 saturated carbocycles. The van der Waals surface area contributed by atoms with Gasteiger partial charge in [0, 0.05) is 0 Å². The molecule has 1 unspecified atom stereocenters. The Morgan fingerprint density at radius 2 is 1.49 bits per heavy atom. The summed E-state index contributed by atoms with van der Waals surface area (Å²) in [5.41, 5.74) is -0.918. The third kappa shape index (κ3) is 5.58. The minimum absolute atomic E-state index is 0.00128. The van der Waals surface area contributed by atoms with Crippen LogP contribution in [0.5, 0.6) is 0 Å². The Morgan fingerprint density at radius 1 is 0.814 bits per heavy atom. The molecule has 43 heavy (non-hydrogen) atoms. The van der Waals surface area contributed by atoms with E-state index in [-0.39, 0.29) is 11.3 Å². The molecule has 242 valence electrons. The first-order valence-corrected chi connectivity index (χ1v) is 19.5. The molecule has 0 bridgehead atoms. The standard InChI is InChI=1S/C38H60O4S/c1-6-27-16-20-38(40,21-17-27)25-34(43(41,42)29-10-8-7-9-11-29)26(2)31-14-15-32-30-13-12-28-24-35(3,39)22-23-36(28,4)33(30)18-19-37(31,32)5/h7-11,26-28,30-34,39-40H,6,12-25H2,1-5H3/t26-,27?,28-,30-,31+,32-,33-,34?,35-,36-,37+,38?/m0/s1. The quantitative estimate of drug-likeness (QED) is 0.323. The molecule has 0 heterocycles. The van der Waals surface area contributed by atoms with E-state index in [1.807, 2.05) is 25.1 Å². The predicted molar refractivity (Wildman–Crippen MR) is 174 cm³/mol. The summed E-state index contributed by atoms with van der Waals surface area (Å²) in [7, 11) is -3.60. The van der Waals surface area contributed by atoms with Gasteiger partial charge in [-0.15, -0.1) is 0 Å². The van der Waals surface area contributed by atoms with Gasteiger partial charge >= 0.3 is 0 Å². The highest BCUT2D eigenvalue weighted by atomic mass is 32.2. The summed E-state index contributed by atoms with van der Waals surface area (Å²) in [4.78, 5) is 0.417. The second-order valence-corrected chi connectivity index (χ2v) is 19.3. The van der Waals surface area contributed by atoms with Gasteiger partial charge in [0.25, 0.3) is 0 Å². The highest BCUT2D eigenvalue weighted by Gasteiger charge is 2.62. The van der Waals surface area contributed by atoms with Gasteiger partial charge in [-0.05, 0) is 161 Å². The van der Waals surface area contributed by atoms with Crippen molar-refractivity contribution in [1.29, 1.82) is 0 Å². The van der Waals surface area contributed by atoms with Crippen LogP contribution in [-0.2, 0) is 9.84 Å². The lowest BCUT2D eigenvalue weighted by atomic mass is 9.43. The van der Waals surface area contributed by atoms with Crippen molar-refractivity contribution in [3.63, 3.8) is 0 Å². The Kier molecular flexibility index (Phi) is 8.50. The van der Waals surface area contributed by atoms with Gasteiger partial charge in [0.15, 0.2) is 9.84 Å². The first-order valence-electron chi connectivity index (χ1n) is 18.0. The third-order valence-corrected chi connectivity index (χ3v) is 17.2. The topological polar surface area (TPSA) is 74.6 Å². The number of hydrogen-bond donors (Lipinski definition) is 2. The Bertz CT molecular complexity index is 1230. The van der Waals surface area contributed by atoms with Gasteiger partial charge in [-0.3, -0.25) is 0 Å². The van der Waals surface area contributed by atoms with Crippen molar-refractivity contribution in [3.8, 4) is 0 Å².